The second kappa shape index (κ2) is 7.54. The number of alkyl halides is 6. The molecule has 0 fully saturated rings. The molecule has 1 aromatic carbocycles. The van der Waals surface area contributed by atoms with E-state index in [9.17, 15) is 0 Å². The van der Waals surface area contributed by atoms with Gasteiger partial charge in [-0.25, -0.2) is 9.98 Å². The van der Waals surface area contributed by atoms with E-state index in [-0.39, 0.29) is 11.5 Å². The average Bonchev–Trinajstić information content (AvgIpc) is 2.36. The summed E-state index contributed by atoms with van der Waals surface area (Å²) in [4.78, 5) is 8.13. The van der Waals surface area contributed by atoms with Crippen LogP contribution in [0.15, 0.2) is 46.9 Å². The Morgan fingerprint density at radius 3 is 1.86 bits per heavy atom. The highest BCUT2D eigenvalue weighted by atomic mass is 35.6. The van der Waals surface area contributed by atoms with Gasteiger partial charge in [-0.3, -0.25) is 0 Å². The topological polar surface area (TPSA) is 24.7 Å². The van der Waals surface area contributed by atoms with Crippen LogP contribution in [0.5, 0.6) is 0 Å². The van der Waals surface area contributed by atoms with E-state index in [0.717, 1.165) is 5.56 Å². The molecule has 0 aromatic heterocycles. The number of rotatable bonds is 2. The lowest BCUT2D eigenvalue weighted by Crippen LogP contribution is -2.23. The van der Waals surface area contributed by atoms with Crippen LogP contribution < -0.4 is 0 Å². The third-order valence-electron chi connectivity index (χ3n) is 2.29. The summed E-state index contributed by atoms with van der Waals surface area (Å²) >= 11 is 34.7. The van der Waals surface area contributed by atoms with Crippen molar-refractivity contribution in [2.75, 3.05) is 0 Å². The average molecular weight is 407 g/mol. The van der Waals surface area contributed by atoms with Crippen molar-refractivity contribution in [3.05, 3.63) is 42.5 Å². The van der Waals surface area contributed by atoms with Gasteiger partial charge < -0.3 is 0 Å². The van der Waals surface area contributed by atoms with E-state index >= 15 is 0 Å². The molecule has 0 amide bonds. The fourth-order valence-electron chi connectivity index (χ4n) is 1.20. The lowest BCUT2D eigenvalue weighted by atomic mass is 10.2. The summed E-state index contributed by atoms with van der Waals surface area (Å²) in [5.74, 6) is -0.134. The summed E-state index contributed by atoms with van der Waals surface area (Å²) in [6, 6.07) is 9.16. The number of halogens is 6. The van der Waals surface area contributed by atoms with Crippen molar-refractivity contribution < 1.29 is 0 Å². The standard InChI is InChI=1S/C13H10Cl6N2/c1-8(10-6-4-3-5-7-10)20-11(13(17,18)19)21-9(2)12(14,15)16/h3-7H,1H2,2H3. The minimum absolute atomic E-state index is 0.124. The van der Waals surface area contributed by atoms with Gasteiger partial charge in [-0.15, -0.1) is 0 Å². The molecule has 0 unspecified atom stereocenters. The molecule has 0 saturated heterocycles. The van der Waals surface area contributed by atoms with Gasteiger partial charge in [-0.2, -0.15) is 0 Å². The summed E-state index contributed by atoms with van der Waals surface area (Å²) < 4.78 is -3.60. The number of hydrogen-bond acceptors (Lipinski definition) is 1. The van der Waals surface area contributed by atoms with Crippen LogP contribution in [0, 0.1) is 0 Å². The Morgan fingerprint density at radius 2 is 1.43 bits per heavy atom. The Hall–Kier alpha value is 0.0400. The van der Waals surface area contributed by atoms with Crippen molar-refractivity contribution >= 4 is 86.8 Å². The van der Waals surface area contributed by atoms with Crippen LogP contribution in [-0.2, 0) is 0 Å². The van der Waals surface area contributed by atoms with Crippen LogP contribution in [0.2, 0.25) is 0 Å². The predicted molar refractivity (Wildman–Crippen MR) is 96.6 cm³/mol. The van der Waals surface area contributed by atoms with Gasteiger partial charge in [0.2, 0.25) is 7.59 Å². The predicted octanol–water partition coefficient (Wildman–Crippen LogP) is 6.26. The second-order valence-electron chi connectivity index (χ2n) is 3.94. The van der Waals surface area contributed by atoms with Gasteiger partial charge in [0.25, 0.3) is 0 Å². The maximum Gasteiger partial charge on any atom is 0.250 e. The van der Waals surface area contributed by atoms with Crippen LogP contribution in [0.25, 0.3) is 5.70 Å². The van der Waals surface area contributed by atoms with Crippen molar-refractivity contribution in [3.8, 4) is 0 Å². The molecule has 0 aliphatic heterocycles. The SMILES string of the molecule is C=C(N=C(N=C(C)C(Cl)(Cl)Cl)C(Cl)(Cl)Cl)c1ccccc1. The van der Waals surface area contributed by atoms with Crippen molar-refractivity contribution in [1.82, 2.24) is 0 Å². The van der Waals surface area contributed by atoms with Crippen LogP contribution in [0.1, 0.15) is 12.5 Å². The quantitative estimate of drug-likeness (QED) is 0.314. The Labute approximate surface area is 153 Å². The molecule has 21 heavy (non-hydrogen) atoms. The van der Waals surface area contributed by atoms with Crippen molar-refractivity contribution in [2.24, 2.45) is 9.98 Å². The molecule has 0 aliphatic rings. The van der Waals surface area contributed by atoms with E-state index in [4.69, 9.17) is 69.6 Å². The molecule has 0 N–H and O–H groups in total. The largest absolute Gasteiger partial charge is 0.250 e. The lowest BCUT2D eigenvalue weighted by molar-refractivity contribution is 1.35. The molecule has 1 aromatic rings. The molecule has 0 spiro atoms. The molecule has 0 bridgehead atoms. The zero-order valence-corrected chi connectivity index (χ0v) is 15.3. The molecule has 0 saturated carbocycles. The first-order chi connectivity index (χ1) is 9.51. The molecule has 0 heterocycles. The zero-order valence-electron chi connectivity index (χ0n) is 10.8. The summed E-state index contributed by atoms with van der Waals surface area (Å²) in [5.41, 5.74) is 1.25. The summed E-state index contributed by atoms with van der Waals surface area (Å²) in [6.07, 6.45) is 0. The number of aliphatic imine (C=N–C) groups is 2. The van der Waals surface area contributed by atoms with E-state index < -0.39 is 7.59 Å². The second-order valence-corrected chi connectivity index (χ2v) is 8.50. The first kappa shape index (κ1) is 19.1. The summed E-state index contributed by atoms with van der Waals surface area (Å²) in [5, 5.41) is 0. The molecule has 1 rings (SSSR count). The Balaban J connectivity index is 3.22. The third-order valence-corrected chi connectivity index (χ3v) is 3.61. The number of benzene rings is 1. The fraction of sp³-hybridized carbons (Fsp3) is 0.231. The smallest absolute Gasteiger partial charge is 0.234 e. The molecule has 8 heteroatoms. The molecular formula is C13H10Cl6N2. The van der Waals surface area contributed by atoms with E-state index in [1.165, 1.54) is 6.92 Å². The van der Waals surface area contributed by atoms with Gasteiger partial charge in [-0.05, 0) is 12.5 Å². The molecule has 2 nitrogen and oxygen atoms in total. The normalized spacial score (nSPS) is 14.2. The highest BCUT2D eigenvalue weighted by molar-refractivity contribution is 6.79. The van der Waals surface area contributed by atoms with Gasteiger partial charge in [-0.1, -0.05) is 107 Å². The Morgan fingerprint density at radius 1 is 0.905 bits per heavy atom. The Kier molecular flexibility index (Phi) is 6.85. The number of nitrogens with zero attached hydrogens (tertiary/aromatic N) is 2. The summed E-state index contributed by atoms with van der Waals surface area (Å²) in [7, 11) is 0. The van der Waals surface area contributed by atoms with E-state index in [1.807, 2.05) is 30.3 Å². The summed E-state index contributed by atoms with van der Waals surface area (Å²) in [6.45, 7) is 5.31. The first-order valence-electron chi connectivity index (χ1n) is 5.54. The van der Waals surface area contributed by atoms with E-state index in [1.54, 1.807) is 0 Å². The lowest BCUT2D eigenvalue weighted by Gasteiger charge is -2.15. The highest BCUT2D eigenvalue weighted by Gasteiger charge is 2.31. The maximum atomic E-state index is 5.85. The maximum absolute atomic E-state index is 5.85. The van der Waals surface area contributed by atoms with Gasteiger partial charge >= 0.3 is 0 Å². The van der Waals surface area contributed by atoms with E-state index in [2.05, 4.69) is 16.6 Å². The van der Waals surface area contributed by atoms with Crippen LogP contribution in [-0.4, -0.2) is 19.1 Å². The van der Waals surface area contributed by atoms with Crippen LogP contribution in [0.3, 0.4) is 0 Å². The molecule has 114 valence electrons. The molecular weight excluding hydrogens is 397 g/mol. The minimum atomic E-state index is -1.88. The Bertz CT molecular complexity index is 567. The van der Waals surface area contributed by atoms with Crippen molar-refractivity contribution in [3.63, 3.8) is 0 Å². The highest BCUT2D eigenvalue weighted by Crippen LogP contribution is 2.33. The van der Waals surface area contributed by atoms with Gasteiger partial charge in [0.05, 0.1) is 11.4 Å². The van der Waals surface area contributed by atoms with Crippen molar-refractivity contribution in [2.45, 2.75) is 14.5 Å². The number of amidine groups is 1. The van der Waals surface area contributed by atoms with Gasteiger partial charge in [0.15, 0.2) is 5.84 Å². The van der Waals surface area contributed by atoms with Crippen LogP contribution >= 0.6 is 69.6 Å². The number of hydrogen-bond donors (Lipinski definition) is 0. The molecule has 0 atom stereocenters. The first-order valence-corrected chi connectivity index (χ1v) is 7.81. The zero-order chi connectivity index (χ0) is 16.3. The third kappa shape index (κ3) is 6.35. The molecule has 0 aliphatic carbocycles. The van der Waals surface area contributed by atoms with E-state index in [0.29, 0.717) is 5.70 Å². The molecule has 0 radical (unpaired) electrons. The fourth-order valence-corrected chi connectivity index (χ4v) is 1.58. The minimum Gasteiger partial charge on any atom is -0.234 e. The van der Waals surface area contributed by atoms with Crippen molar-refractivity contribution in [1.29, 1.82) is 0 Å². The van der Waals surface area contributed by atoms with Gasteiger partial charge in [0, 0.05) is 0 Å². The van der Waals surface area contributed by atoms with Gasteiger partial charge in [0.1, 0.15) is 0 Å². The monoisotopic (exact) mass is 404 g/mol. The van der Waals surface area contributed by atoms with Crippen LogP contribution in [0.4, 0.5) is 0 Å².